The van der Waals surface area contributed by atoms with Crippen LogP contribution in [-0.2, 0) is 0 Å². The van der Waals surface area contributed by atoms with Crippen molar-refractivity contribution in [1.82, 2.24) is 19.5 Å². The molecule has 1 N–H and O–H groups in total. The summed E-state index contributed by atoms with van der Waals surface area (Å²) in [6.45, 7) is 0. The van der Waals surface area contributed by atoms with Crippen LogP contribution in [-0.4, -0.2) is 24.6 Å². The summed E-state index contributed by atoms with van der Waals surface area (Å²) in [6, 6.07) is 10.5. The van der Waals surface area contributed by atoms with Crippen molar-refractivity contribution in [3.8, 4) is 17.6 Å². The van der Waals surface area contributed by atoms with Gasteiger partial charge in [0.05, 0.1) is 17.1 Å². The molecule has 1 aliphatic rings. The second-order valence-corrected chi connectivity index (χ2v) is 6.71. The molecule has 1 aromatic carbocycles. The summed E-state index contributed by atoms with van der Waals surface area (Å²) in [4.78, 5) is 12.4. The Morgan fingerprint density at radius 2 is 1.96 bits per heavy atom. The van der Waals surface area contributed by atoms with Crippen molar-refractivity contribution in [2.24, 2.45) is 0 Å². The van der Waals surface area contributed by atoms with Crippen LogP contribution in [0, 0.1) is 0 Å². The number of benzene rings is 1. The SMILES string of the molecule is Oc1nc(Oc2ccc3c(ccn3C3CCCC3)c2)nc2cnccc12. The second-order valence-electron chi connectivity index (χ2n) is 6.71. The Bertz CT molecular complexity index is 1100. The number of aromatic nitrogens is 4. The van der Waals surface area contributed by atoms with Crippen LogP contribution in [0.4, 0.5) is 0 Å². The van der Waals surface area contributed by atoms with Gasteiger partial charge in [-0.2, -0.15) is 9.97 Å². The first-order valence-corrected chi connectivity index (χ1v) is 8.87. The third-order valence-corrected chi connectivity index (χ3v) is 5.08. The number of nitrogens with zero attached hydrogens (tertiary/aromatic N) is 4. The van der Waals surface area contributed by atoms with Crippen molar-refractivity contribution in [3.05, 3.63) is 48.9 Å². The van der Waals surface area contributed by atoms with E-state index in [0.29, 0.717) is 22.7 Å². The van der Waals surface area contributed by atoms with E-state index in [0.717, 1.165) is 5.39 Å². The standard InChI is InChI=1S/C20H18N4O2/c25-19-16-7-9-21-12-17(16)22-20(23-19)26-15-5-6-18-13(11-15)8-10-24(18)14-3-1-2-4-14/h5-12,14H,1-4H2,(H,22,23,25). The van der Waals surface area contributed by atoms with Crippen molar-refractivity contribution in [2.75, 3.05) is 0 Å². The minimum Gasteiger partial charge on any atom is -0.493 e. The summed E-state index contributed by atoms with van der Waals surface area (Å²) < 4.78 is 8.16. The number of fused-ring (bicyclic) bond motifs is 2. The van der Waals surface area contributed by atoms with E-state index in [1.165, 1.54) is 31.2 Å². The Morgan fingerprint density at radius 3 is 2.85 bits per heavy atom. The summed E-state index contributed by atoms with van der Waals surface area (Å²) in [6.07, 6.45) is 10.4. The van der Waals surface area contributed by atoms with E-state index in [9.17, 15) is 5.11 Å². The van der Waals surface area contributed by atoms with E-state index in [-0.39, 0.29) is 11.9 Å². The molecule has 130 valence electrons. The monoisotopic (exact) mass is 346 g/mol. The van der Waals surface area contributed by atoms with Gasteiger partial charge in [0.15, 0.2) is 0 Å². The smallest absolute Gasteiger partial charge is 0.325 e. The lowest BCUT2D eigenvalue weighted by Gasteiger charge is -2.13. The maximum absolute atomic E-state index is 10.1. The van der Waals surface area contributed by atoms with Crippen LogP contribution < -0.4 is 4.74 Å². The van der Waals surface area contributed by atoms with E-state index in [1.807, 2.05) is 12.1 Å². The molecule has 1 aliphatic carbocycles. The van der Waals surface area contributed by atoms with Crippen LogP contribution in [0.25, 0.3) is 21.8 Å². The predicted octanol–water partition coefficient (Wildman–Crippen LogP) is 4.59. The molecular weight excluding hydrogens is 328 g/mol. The average Bonchev–Trinajstić information content (AvgIpc) is 3.30. The number of hydrogen-bond donors (Lipinski definition) is 1. The van der Waals surface area contributed by atoms with Crippen molar-refractivity contribution in [2.45, 2.75) is 31.7 Å². The molecule has 0 radical (unpaired) electrons. The van der Waals surface area contributed by atoms with Crippen LogP contribution in [0.15, 0.2) is 48.9 Å². The maximum Gasteiger partial charge on any atom is 0.325 e. The number of pyridine rings is 1. The van der Waals surface area contributed by atoms with Crippen molar-refractivity contribution < 1.29 is 9.84 Å². The van der Waals surface area contributed by atoms with Gasteiger partial charge in [-0.1, -0.05) is 12.8 Å². The first kappa shape index (κ1) is 15.1. The molecule has 4 aromatic rings. The summed E-state index contributed by atoms with van der Waals surface area (Å²) in [7, 11) is 0. The van der Waals surface area contributed by atoms with Crippen molar-refractivity contribution in [3.63, 3.8) is 0 Å². The van der Waals surface area contributed by atoms with Crippen LogP contribution in [0.3, 0.4) is 0 Å². The average molecular weight is 346 g/mol. The molecule has 3 aromatic heterocycles. The first-order valence-electron chi connectivity index (χ1n) is 8.87. The molecule has 0 aliphatic heterocycles. The van der Waals surface area contributed by atoms with Gasteiger partial charge in [-0.05, 0) is 43.2 Å². The fourth-order valence-electron chi connectivity index (χ4n) is 3.80. The largest absolute Gasteiger partial charge is 0.493 e. The minimum atomic E-state index is -0.110. The summed E-state index contributed by atoms with van der Waals surface area (Å²) in [5, 5.41) is 11.7. The number of ether oxygens (including phenoxy) is 1. The lowest BCUT2D eigenvalue weighted by Crippen LogP contribution is -2.02. The molecule has 0 amide bonds. The van der Waals surface area contributed by atoms with Gasteiger partial charge < -0.3 is 14.4 Å². The molecule has 1 fully saturated rings. The summed E-state index contributed by atoms with van der Waals surface area (Å²) >= 11 is 0. The second kappa shape index (κ2) is 5.98. The van der Waals surface area contributed by atoms with Gasteiger partial charge in [0.1, 0.15) is 5.75 Å². The number of hydrogen-bond acceptors (Lipinski definition) is 5. The zero-order valence-corrected chi connectivity index (χ0v) is 14.2. The Labute approximate surface area is 150 Å². The molecule has 1 saturated carbocycles. The topological polar surface area (TPSA) is 73.1 Å². The molecule has 0 bridgehead atoms. The molecule has 5 rings (SSSR count). The molecule has 0 spiro atoms. The lowest BCUT2D eigenvalue weighted by molar-refractivity contribution is 0.412. The molecule has 0 saturated heterocycles. The van der Waals surface area contributed by atoms with Gasteiger partial charge >= 0.3 is 6.01 Å². The van der Waals surface area contributed by atoms with Crippen LogP contribution in [0.5, 0.6) is 17.6 Å². The molecule has 6 heteroatoms. The highest BCUT2D eigenvalue weighted by molar-refractivity contribution is 5.83. The van der Waals surface area contributed by atoms with Gasteiger partial charge in [0.2, 0.25) is 5.88 Å². The molecule has 3 heterocycles. The highest BCUT2D eigenvalue weighted by Crippen LogP contribution is 2.34. The molecule has 6 nitrogen and oxygen atoms in total. The van der Waals surface area contributed by atoms with E-state index < -0.39 is 0 Å². The normalized spacial score (nSPS) is 15.1. The van der Waals surface area contributed by atoms with Gasteiger partial charge in [-0.15, -0.1) is 0 Å². The van der Waals surface area contributed by atoms with Crippen LogP contribution in [0.1, 0.15) is 31.7 Å². The van der Waals surface area contributed by atoms with Gasteiger partial charge in [0, 0.05) is 29.3 Å². The third kappa shape index (κ3) is 2.54. The Hall–Kier alpha value is -3.15. The predicted molar refractivity (Wildman–Crippen MR) is 98.5 cm³/mol. The number of aromatic hydroxyl groups is 1. The van der Waals surface area contributed by atoms with E-state index in [4.69, 9.17) is 4.74 Å². The van der Waals surface area contributed by atoms with Gasteiger partial charge in [-0.3, -0.25) is 4.98 Å². The van der Waals surface area contributed by atoms with E-state index in [1.54, 1.807) is 18.5 Å². The zero-order chi connectivity index (χ0) is 17.5. The maximum atomic E-state index is 10.1. The fourth-order valence-corrected chi connectivity index (χ4v) is 3.80. The molecular formula is C20H18N4O2. The van der Waals surface area contributed by atoms with Gasteiger partial charge in [-0.25, -0.2) is 0 Å². The fraction of sp³-hybridized carbons (Fsp3) is 0.250. The molecule has 0 unspecified atom stereocenters. The quantitative estimate of drug-likeness (QED) is 0.587. The van der Waals surface area contributed by atoms with Crippen molar-refractivity contribution in [1.29, 1.82) is 0 Å². The molecule has 26 heavy (non-hydrogen) atoms. The Morgan fingerprint density at radius 1 is 1.08 bits per heavy atom. The highest BCUT2D eigenvalue weighted by Gasteiger charge is 2.18. The van der Waals surface area contributed by atoms with Crippen LogP contribution >= 0.6 is 0 Å². The highest BCUT2D eigenvalue weighted by atomic mass is 16.5. The van der Waals surface area contributed by atoms with Crippen LogP contribution in [0.2, 0.25) is 0 Å². The van der Waals surface area contributed by atoms with Crippen molar-refractivity contribution >= 4 is 21.8 Å². The molecule has 0 atom stereocenters. The first-order chi connectivity index (χ1) is 12.8. The van der Waals surface area contributed by atoms with E-state index >= 15 is 0 Å². The van der Waals surface area contributed by atoms with Gasteiger partial charge in [0.25, 0.3) is 0 Å². The Balaban J connectivity index is 1.48. The summed E-state index contributed by atoms with van der Waals surface area (Å²) in [5.41, 5.74) is 1.76. The number of rotatable bonds is 3. The Kier molecular flexibility index (Phi) is 3.48. The third-order valence-electron chi connectivity index (χ3n) is 5.08. The van der Waals surface area contributed by atoms with E-state index in [2.05, 4.69) is 37.8 Å². The lowest BCUT2D eigenvalue weighted by atomic mass is 10.2. The summed E-state index contributed by atoms with van der Waals surface area (Å²) in [5.74, 6) is 0.533. The minimum absolute atomic E-state index is 0.109. The zero-order valence-electron chi connectivity index (χ0n) is 14.2.